The van der Waals surface area contributed by atoms with Crippen LogP contribution in [0.2, 0.25) is 0 Å². The molecule has 1 unspecified atom stereocenters. The fourth-order valence-corrected chi connectivity index (χ4v) is 3.41. The number of halogens is 1. The van der Waals surface area contributed by atoms with Gasteiger partial charge in [0, 0.05) is 35.8 Å². The van der Waals surface area contributed by atoms with Gasteiger partial charge < -0.3 is 9.80 Å². The van der Waals surface area contributed by atoms with Crippen LogP contribution in [0.5, 0.6) is 0 Å². The highest BCUT2D eigenvalue weighted by Crippen LogP contribution is 2.29. The van der Waals surface area contributed by atoms with E-state index in [-0.39, 0.29) is 5.41 Å². The van der Waals surface area contributed by atoms with Crippen molar-refractivity contribution in [3.8, 4) is 6.07 Å². The topological polar surface area (TPSA) is 30.3 Å². The normalized spacial score (nSPS) is 23.1. The zero-order chi connectivity index (χ0) is 14.8. The number of rotatable bonds is 2. The van der Waals surface area contributed by atoms with Gasteiger partial charge in [0.2, 0.25) is 0 Å². The van der Waals surface area contributed by atoms with Gasteiger partial charge in [-0.05, 0) is 30.7 Å². The van der Waals surface area contributed by atoms with Gasteiger partial charge in [0.25, 0.3) is 0 Å². The van der Waals surface area contributed by atoms with Crippen molar-refractivity contribution in [2.45, 2.75) is 26.3 Å². The molecular weight excluding hydrogens is 314 g/mol. The molecule has 1 saturated heterocycles. The number of nitriles is 1. The second kappa shape index (κ2) is 6.15. The maximum Gasteiger partial charge on any atom is 0.0638 e. The van der Waals surface area contributed by atoms with Crippen LogP contribution in [0.15, 0.2) is 28.7 Å². The predicted octanol–water partition coefficient (Wildman–Crippen LogP) is 3.51. The van der Waals surface area contributed by atoms with E-state index in [1.165, 1.54) is 5.69 Å². The lowest BCUT2D eigenvalue weighted by Gasteiger charge is -2.31. The summed E-state index contributed by atoms with van der Waals surface area (Å²) in [5, 5.41) is 9.06. The fraction of sp³-hybridized carbons (Fsp3) is 0.562. The number of likely N-dealkylation sites (N-methyl/N-ethyl adjacent to an activating group) is 1. The van der Waals surface area contributed by atoms with Gasteiger partial charge in [-0.1, -0.05) is 35.8 Å². The zero-order valence-corrected chi connectivity index (χ0v) is 14.0. The number of hydrogen-bond acceptors (Lipinski definition) is 3. The van der Waals surface area contributed by atoms with E-state index in [4.69, 9.17) is 5.26 Å². The predicted molar refractivity (Wildman–Crippen MR) is 86.8 cm³/mol. The number of benzene rings is 1. The summed E-state index contributed by atoms with van der Waals surface area (Å²) in [6.45, 7) is 7.52. The van der Waals surface area contributed by atoms with Crippen molar-refractivity contribution in [3.63, 3.8) is 0 Å². The minimum atomic E-state index is 0.210. The molecule has 0 radical (unpaired) electrons. The molecule has 1 aromatic carbocycles. The minimum absolute atomic E-state index is 0.210. The van der Waals surface area contributed by atoms with Crippen molar-refractivity contribution in [3.05, 3.63) is 28.7 Å². The first kappa shape index (κ1) is 15.3. The lowest BCUT2D eigenvalue weighted by atomic mass is 9.92. The van der Waals surface area contributed by atoms with Gasteiger partial charge in [0.05, 0.1) is 12.5 Å². The van der Waals surface area contributed by atoms with Crippen molar-refractivity contribution in [2.24, 2.45) is 5.41 Å². The maximum atomic E-state index is 9.06. The molecule has 1 atom stereocenters. The molecule has 4 heteroatoms. The SMILES string of the molecule is CN1CC(C)(C)CN(c2cccc(Br)c2)CC1CC#N. The molecule has 0 bridgehead atoms. The molecule has 3 nitrogen and oxygen atoms in total. The average molecular weight is 336 g/mol. The van der Waals surface area contributed by atoms with Gasteiger partial charge in [0.15, 0.2) is 0 Å². The Hall–Kier alpha value is -1.05. The fourth-order valence-electron chi connectivity index (χ4n) is 3.02. The summed E-state index contributed by atoms with van der Waals surface area (Å²) >= 11 is 3.55. The van der Waals surface area contributed by atoms with Crippen LogP contribution >= 0.6 is 15.9 Å². The third-order valence-corrected chi connectivity index (χ3v) is 4.34. The van der Waals surface area contributed by atoms with Crippen LogP contribution in [-0.2, 0) is 0 Å². The van der Waals surface area contributed by atoms with Crippen LogP contribution in [-0.4, -0.2) is 37.6 Å². The quantitative estimate of drug-likeness (QED) is 0.828. The number of hydrogen-bond donors (Lipinski definition) is 0. The van der Waals surface area contributed by atoms with Crippen LogP contribution in [0.1, 0.15) is 20.3 Å². The van der Waals surface area contributed by atoms with Gasteiger partial charge in [-0.3, -0.25) is 0 Å². The van der Waals surface area contributed by atoms with Crippen molar-refractivity contribution in [1.29, 1.82) is 5.26 Å². The Morgan fingerprint density at radius 1 is 1.40 bits per heavy atom. The molecule has 0 aliphatic carbocycles. The van der Waals surface area contributed by atoms with Crippen molar-refractivity contribution >= 4 is 21.6 Å². The van der Waals surface area contributed by atoms with Crippen LogP contribution in [0.3, 0.4) is 0 Å². The van der Waals surface area contributed by atoms with Gasteiger partial charge in [-0.2, -0.15) is 5.26 Å². The Balaban J connectivity index is 2.29. The first-order chi connectivity index (χ1) is 9.41. The summed E-state index contributed by atoms with van der Waals surface area (Å²) < 4.78 is 1.10. The standard InChI is InChI=1S/C16H22BrN3/c1-16(2)11-19(3)15(7-8-18)10-20(12-16)14-6-4-5-13(17)9-14/h4-6,9,15H,7,10-12H2,1-3H3. The molecule has 1 aliphatic rings. The van der Waals surface area contributed by atoms with E-state index in [1.807, 2.05) is 6.07 Å². The van der Waals surface area contributed by atoms with E-state index in [0.29, 0.717) is 12.5 Å². The molecule has 0 aromatic heterocycles. The van der Waals surface area contributed by atoms with E-state index >= 15 is 0 Å². The Morgan fingerprint density at radius 2 is 2.15 bits per heavy atom. The van der Waals surface area contributed by atoms with Crippen LogP contribution in [0.25, 0.3) is 0 Å². The summed E-state index contributed by atoms with van der Waals surface area (Å²) in [6.07, 6.45) is 0.580. The van der Waals surface area contributed by atoms with Crippen LogP contribution in [0, 0.1) is 16.7 Å². The Morgan fingerprint density at radius 3 is 2.80 bits per heavy atom. The van der Waals surface area contributed by atoms with E-state index in [2.05, 4.69) is 70.9 Å². The van der Waals surface area contributed by atoms with Crippen LogP contribution < -0.4 is 4.90 Å². The summed E-state index contributed by atoms with van der Waals surface area (Å²) in [5.41, 5.74) is 1.44. The van der Waals surface area contributed by atoms with E-state index in [9.17, 15) is 0 Å². The average Bonchev–Trinajstić information content (AvgIpc) is 2.46. The highest BCUT2D eigenvalue weighted by atomic mass is 79.9. The number of anilines is 1. The first-order valence-electron chi connectivity index (χ1n) is 6.99. The third kappa shape index (κ3) is 3.74. The monoisotopic (exact) mass is 335 g/mol. The van der Waals surface area contributed by atoms with Gasteiger partial charge >= 0.3 is 0 Å². The molecule has 20 heavy (non-hydrogen) atoms. The maximum absolute atomic E-state index is 9.06. The van der Waals surface area contributed by atoms with Crippen LogP contribution in [0.4, 0.5) is 5.69 Å². The minimum Gasteiger partial charge on any atom is -0.369 e. The Kier molecular flexibility index (Phi) is 4.72. The second-order valence-corrected chi connectivity index (χ2v) is 7.37. The lowest BCUT2D eigenvalue weighted by molar-refractivity contribution is 0.195. The Bertz CT molecular complexity index is 507. The smallest absolute Gasteiger partial charge is 0.0638 e. The molecule has 1 aromatic rings. The molecule has 1 fully saturated rings. The Labute approximate surface area is 130 Å². The molecule has 2 rings (SSSR count). The van der Waals surface area contributed by atoms with Crippen molar-refractivity contribution < 1.29 is 0 Å². The highest BCUT2D eigenvalue weighted by Gasteiger charge is 2.32. The van der Waals surface area contributed by atoms with E-state index in [0.717, 1.165) is 24.1 Å². The molecule has 108 valence electrons. The van der Waals surface area contributed by atoms with E-state index < -0.39 is 0 Å². The summed E-state index contributed by atoms with van der Waals surface area (Å²) in [5.74, 6) is 0. The lowest BCUT2D eigenvalue weighted by Crippen LogP contribution is -2.38. The zero-order valence-electron chi connectivity index (χ0n) is 12.4. The van der Waals surface area contributed by atoms with E-state index in [1.54, 1.807) is 0 Å². The molecule has 1 heterocycles. The van der Waals surface area contributed by atoms with Gasteiger partial charge in [-0.15, -0.1) is 0 Å². The second-order valence-electron chi connectivity index (χ2n) is 6.46. The molecule has 0 N–H and O–H groups in total. The molecule has 0 saturated carbocycles. The number of nitrogens with zero attached hydrogens (tertiary/aromatic N) is 3. The summed E-state index contributed by atoms with van der Waals surface area (Å²) in [4.78, 5) is 4.75. The molecule has 0 spiro atoms. The first-order valence-corrected chi connectivity index (χ1v) is 7.78. The van der Waals surface area contributed by atoms with Gasteiger partial charge in [-0.25, -0.2) is 0 Å². The molecule has 0 amide bonds. The summed E-state index contributed by atoms with van der Waals surface area (Å²) in [6, 6.07) is 11.0. The van der Waals surface area contributed by atoms with Crippen molar-refractivity contribution in [1.82, 2.24) is 4.90 Å². The molecular formula is C16H22BrN3. The summed E-state index contributed by atoms with van der Waals surface area (Å²) in [7, 11) is 2.13. The highest BCUT2D eigenvalue weighted by molar-refractivity contribution is 9.10. The molecule has 1 aliphatic heterocycles. The van der Waals surface area contributed by atoms with Crippen molar-refractivity contribution in [2.75, 3.05) is 31.6 Å². The van der Waals surface area contributed by atoms with Gasteiger partial charge in [0.1, 0.15) is 0 Å². The third-order valence-electron chi connectivity index (χ3n) is 3.85. The largest absolute Gasteiger partial charge is 0.369 e.